The predicted molar refractivity (Wildman–Crippen MR) is 200 cm³/mol. The maximum absolute atomic E-state index is 2.47. The van der Waals surface area contributed by atoms with E-state index in [0.717, 1.165) is 17.1 Å². The van der Waals surface area contributed by atoms with Gasteiger partial charge in [-0.15, -0.1) is 0 Å². The van der Waals surface area contributed by atoms with Crippen LogP contribution < -0.4 is 4.90 Å². The molecule has 0 saturated heterocycles. The topological polar surface area (TPSA) is 8.17 Å². The number of anilines is 2. The van der Waals surface area contributed by atoms with Crippen LogP contribution >= 0.6 is 0 Å². The summed E-state index contributed by atoms with van der Waals surface area (Å²) in [6.45, 7) is 0. The number of para-hydroxylation sites is 1. The number of nitrogens with zero attached hydrogens (tertiary/aromatic N) is 2. The summed E-state index contributed by atoms with van der Waals surface area (Å²) >= 11 is 0. The molecule has 1 unspecified atom stereocenters. The molecule has 9 rings (SSSR count). The first-order valence-corrected chi connectivity index (χ1v) is 16.2. The van der Waals surface area contributed by atoms with Crippen molar-refractivity contribution in [3.63, 3.8) is 0 Å². The predicted octanol–water partition coefficient (Wildman–Crippen LogP) is 11.8. The molecule has 0 saturated carbocycles. The van der Waals surface area contributed by atoms with Crippen molar-refractivity contribution >= 4 is 49.5 Å². The number of benzene rings is 7. The lowest BCUT2D eigenvalue weighted by atomic mass is 10.0. The highest BCUT2D eigenvalue weighted by Gasteiger charge is 2.23. The molecule has 1 heterocycles. The number of rotatable bonds is 6. The Bertz CT molecular complexity index is 2430. The molecule has 47 heavy (non-hydrogen) atoms. The average Bonchev–Trinajstić information content (AvgIpc) is 3.75. The summed E-state index contributed by atoms with van der Waals surface area (Å²) in [5, 5.41) is 4.99. The highest BCUT2D eigenvalue weighted by atomic mass is 15.2. The average molecular weight is 601 g/mol. The quantitative estimate of drug-likeness (QED) is 0.184. The van der Waals surface area contributed by atoms with Gasteiger partial charge in [0.15, 0.2) is 0 Å². The van der Waals surface area contributed by atoms with E-state index >= 15 is 0 Å². The highest BCUT2D eigenvalue weighted by Crippen LogP contribution is 2.40. The minimum absolute atomic E-state index is 0.0635. The Morgan fingerprint density at radius 1 is 0.447 bits per heavy atom. The van der Waals surface area contributed by atoms with Crippen molar-refractivity contribution in [2.75, 3.05) is 4.90 Å². The first-order valence-electron chi connectivity index (χ1n) is 16.2. The van der Waals surface area contributed by atoms with Gasteiger partial charge in [0.25, 0.3) is 0 Å². The lowest BCUT2D eigenvalue weighted by Gasteiger charge is -2.30. The molecule has 0 amide bonds. The second-order valence-corrected chi connectivity index (χ2v) is 12.2. The fraction of sp³-hybridized carbons (Fsp3) is 0.0222. The molecule has 7 aromatic carbocycles. The Morgan fingerprint density at radius 2 is 1.02 bits per heavy atom. The van der Waals surface area contributed by atoms with E-state index in [4.69, 9.17) is 0 Å². The molecule has 1 aliphatic rings. The molecule has 0 radical (unpaired) electrons. The van der Waals surface area contributed by atoms with Crippen LogP contribution in [0.3, 0.4) is 0 Å². The molecule has 1 atom stereocenters. The van der Waals surface area contributed by atoms with Gasteiger partial charge in [0.1, 0.15) is 0 Å². The lowest BCUT2D eigenvalue weighted by molar-refractivity contribution is 0.956. The standard InChI is InChI=1S/C45H32N2/c1-4-12-32(13-5-1)34-20-23-39(24-21-34)46(40-25-22-37(28-40)33-14-6-2-7-15-33)41-26-27-44-43(31-41)42-29-35-16-10-11-17-36(35)30-45(42)47(44)38-18-8-3-9-19-38/h1-31,40H. The first-order chi connectivity index (χ1) is 23.3. The van der Waals surface area contributed by atoms with Gasteiger partial charge in [-0.2, -0.15) is 0 Å². The van der Waals surface area contributed by atoms with E-state index < -0.39 is 0 Å². The Morgan fingerprint density at radius 3 is 1.74 bits per heavy atom. The van der Waals surface area contributed by atoms with Crippen LogP contribution in [0.5, 0.6) is 0 Å². The summed E-state index contributed by atoms with van der Waals surface area (Å²) in [7, 11) is 0. The number of hydrogen-bond acceptors (Lipinski definition) is 1. The van der Waals surface area contributed by atoms with Crippen LogP contribution in [-0.2, 0) is 0 Å². The smallest absolute Gasteiger partial charge is 0.0718 e. The molecule has 0 aliphatic heterocycles. The van der Waals surface area contributed by atoms with Gasteiger partial charge >= 0.3 is 0 Å². The van der Waals surface area contributed by atoms with Crippen LogP contribution in [0.2, 0.25) is 0 Å². The Labute approximate surface area is 274 Å². The summed E-state index contributed by atoms with van der Waals surface area (Å²) in [6, 6.07) is 61.4. The van der Waals surface area contributed by atoms with E-state index in [-0.39, 0.29) is 6.04 Å². The van der Waals surface area contributed by atoms with Gasteiger partial charge in [-0.3, -0.25) is 0 Å². The third-order valence-electron chi connectivity index (χ3n) is 9.39. The second kappa shape index (κ2) is 11.3. The van der Waals surface area contributed by atoms with Gasteiger partial charge in [-0.1, -0.05) is 133 Å². The van der Waals surface area contributed by atoms with Gasteiger partial charge in [-0.25, -0.2) is 0 Å². The second-order valence-electron chi connectivity index (χ2n) is 12.2. The van der Waals surface area contributed by atoms with E-state index in [1.165, 1.54) is 54.8 Å². The fourth-order valence-corrected chi connectivity index (χ4v) is 7.12. The molecule has 222 valence electrons. The van der Waals surface area contributed by atoms with Crippen molar-refractivity contribution in [1.82, 2.24) is 4.57 Å². The molecule has 8 aromatic rings. The largest absolute Gasteiger partial charge is 0.331 e. The molecule has 1 aromatic heterocycles. The maximum atomic E-state index is 2.47. The van der Waals surface area contributed by atoms with E-state index in [1.807, 2.05) is 0 Å². The van der Waals surface area contributed by atoms with Crippen LogP contribution in [-0.4, -0.2) is 10.6 Å². The van der Waals surface area contributed by atoms with Crippen molar-refractivity contribution in [2.45, 2.75) is 6.04 Å². The van der Waals surface area contributed by atoms with Crippen LogP contribution in [0.15, 0.2) is 188 Å². The zero-order valence-electron chi connectivity index (χ0n) is 25.9. The number of aromatic nitrogens is 1. The van der Waals surface area contributed by atoms with E-state index in [0.29, 0.717) is 0 Å². The Balaban J connectivity index is 1.24. The van der Waals surface area contributed by atoms with Crippen molar-refractivity contribution in [3.05, 3.63) is 194 Å². The molecule has 2 nitrogen and oxygen atoms in total. The van der Waals surface area contributed by atoms with Gasteiger partial charge in [0.05, 0.1) is 17.1 Å². The van der Waals surface area contributed by atoms with Gasteiger partial charge in [0, 0.05) is 27.8 Å². The molecule has 0 spiro atoms. The number of hydrogen-bond donors (Lipinski definition) is 0. The summed E-state index contributed by atoms with van der Waals surface area (Å²) in [4.78, 5) is 2.47. The molecular formula is C45H32N2. The summed E-state index contributed by atoms with van der Waals surface area (Å²) < 4.78 is 2.41. The molecule has 0 bridgehead atoms. The first kappa shape index (κ1) is 27.2. The molecule has 0 fully saturated rings. The van der Waals surface area contributed by atoms with E-state index in [1.54, 1.807) is 0 Å². The minimum atomic E-state index is 0.0635. The van der Waals surface area contributed by atoms with Crippen molar-refractivity contribution in [2.24, 2.45) is 0 Å². The van der Waals surface area contributed by atoms with Gasteiger partial charge in [-0.05, 0) is 87.6 Å². The summed E-state index contributed by atoms with van der Waals surface area (Å²) in [6.07, 6.45) is 6.96. The van der Waals surface area contributed by atoms with E-state index in [2.05, 4.69) is 198 Å². The third kappa shape index (κ3) is 4.83. The van der Waals surface area contributed by atoms with Gasteiger partial charge < -0.3 is 9.47 Å². The Kier molecular flexibility index (Phi) is 6.57. The van der Waals surface area contributed by atoms with Crippen LogP contribution in [0.1, 0.15) is 5.56 Å². The summed E-state index contributed by atoms with van der Waals surface area (Å²) in [5.74, 6) is 0. The molecule has 0 N–H and O–H groups in total. The lowest BCUT2D eigenvalue weighted by Crippen LogP contribution is -2.26. The van der Waals surface area contributed by atoms with E-state index in [9.17, 15) is 0 Å². The minimum Gasteiger partial charge on any atom is -0.331 e. The molecular weight excluding hydrogens is 569 g/mol. The zero-order chi connectivity index (χ0) is 31.2. The molecule has 2 heteroatoms. The normalized spacial score (nSPS) is 14.2. The van der Waals surface area contributed by atoms with Crippen molar-refractivity contribution in [3.8, 4) is 16.8 Å². The highest BCUT2D eigenvalue weighted by molar-refractivity contribution is 6.14. The SMILES string of the molecule is C1=CC(N(c2ccc(-c3ccccc3)cc2)c2ccc3c(c2)c2cc4ccccc4cc2n3-c2ccccc2)C=C1c1ccccc1. The van der Waals surface area contributed by atoms with Crippen LogP contribution in [0.25, 0.3) is 55.0 Å². The number of allylic oxidation sites excluding steroid dienone is 2. The molecule has 1 aliphatic carbocycles. The van der Waals surface area contributed by atoms with Gasteiger partial charge in [0.2, 0.25) is 0 Å². The van der Waals surface area contributed by atoms with Crippen molar-refractivity contribution in [1.29, 1.82) is 0 Å². The maximum Gasteiger partial charge on any atom is 0.0718 e. The number of fused-ring (bicyclic) bond motifs is 4. The summed E-state index contributed by atoms with van der Waals surface area (Å²) in [5.41, 5.74) is 10.8. The van der Waals surface area contributed by atoms with Crippen molar-refractivity contribution < 1.29 is 0 Å². The monoisotopic (exact) mass is 600 g/mol. The van der Waals surface area contributed by atoms with Crippen LogP contribution in [0, 0.1) is 0 Å². The van der Waals surface area contributed by atoms with Crippen LogP contribution in [0.4, 0.5) is 11.4 Å². The third-order valence-corrected chi connectivity index (χ3v) is 9.39. The fourth-order valence-electron chi connectivity index (χ4n) is 7.12. The zero-order valence-corrected chi connectivity index (χ0v) is 25.9. The Hall–Kier alpha value is -6.12.